The van der Waals surface area contributed by atoms with Gasteiger partial charge in [-0.25, -0.2) is 19.5 Å². The predicted octanol–water partition coefficient (Wildman–Crippen LogP) is 4.42. The molecule has 1 aromatic heterocycles. The first-order valence-corrected chi connectivity index (χ1v) is 11.6. The number of hydrogen-bond donors (Lipinski definition) is 1. The summed E-state index contributed by atoms with van der Waals surface area (Å²) in [5.41, 5.74) is -0.266. The van der Waals surface area contributed by atoms with Crippen LogP contribution in [0.5, 0.6) is 0 Å². The standard InChI is InChI=1S/C23H20F3N3O5S/c1-2-34-21(32)17-14-8-3-4-9-16(14)35-19(17)27-11-15-18(30)28-22(33)29(20(15)31)13-7-5-6-12(10-13)23(24,25)26/h5-7,10-11,15H,2-4,8-9H2,1H3,(H,28,30,33)/t15-/m1/s1. The van der Waals surface area contributed by atoms with E-state index in [1.807, 2.05) is 5.32 Å². The summed E-state index contributed by atoms with van der Waals surface area (Å²) >= 11 is 1.26. The fraction of sp³-hybridized carbons (Fsp3) is 0.348. The highest BCUT2D eigenvalue weighted by atomic mass is 32.1. The van der Waals surface area contributed by atoms with Gasteiger partial charge in [0, 0.05) is 11.1 Å². The normalized spacial score (nSPS) is 18.6. The summed E-state index contributed by atoms with van der Waals surface area (Å²) in [6.45, 7) is 1.83. The highest BCUT2D eigenvalue weighted by Crippen LogP contribution is 2.40. The van der Waals surface area contributed by atoms with Crippen molar-refractivity contribution in [2.24, 2.45) is 10.9 Å². The lowest BCUT2D eigenvalue weighted by Crippen LogP contribution is -2.58. The van der Waals surface area contributed by atoms with Gasteiger partial charge in [0.1, 0.15) is 5.00 Å². The Morgan fingerprint density at radius 3 is 2.71 bits per heavy atom. The molecule has 2 aromatic rings. The van der Waals surface area contributed by atoms with Crippen LogP contribution in [0.15, 0.2) is 29.3 Å². The minimum atomic E-state index is -4.69. The number of carbonyl (C=O) groups is 4. The van der Waals surface area contributed by atoms with Crippen LogP contribution in [0, 0.1) is 5.92 Å². The van der Waals surface area contributed by atoms with Crippen molar-refractivity contribution in [3.05, 3.63) is 45.8 Å². The van der Waals surface area contributed by atoms with Crippen molar-refractivity contribution in [3.63, 3.8) is 0 Å². The number of aryl methyl sites for hydroxylation is 1. The van der Waals surface area contributed by atoms with Gasteiger partial charge < -0.3 is 4.74 Å². The lowest BCUT2D eigenvalue weighted by molar-refractivity contribution is -0.138. The van der Waals surface area contributed by atoms with Crippen LogP contribution in [0.1, 0.15) is 46.1 Å². The van der Waals surface area contributed by atoms with E-state index in [9.17, 15) is 32.3 Å². The lowest BCUT2D eigenvalue weighted by atomic mass is 9.95. The smallest absolute Gasteiger partial charge is 0.416 e. The van der Waals surface area contributed by atoms with Crippen LogP contribution < -0.4 is 10.2 Å². The third kappa shape index (κ3) is 4.83. The van der Waals surface area contributed by atoms with Crippen molar-refractivity contribution in [1.29, 1.82) is 0 Å². The molecule has 35 heavy (non-hydrogen) atoms. The molecule has 1 saturated heterocycles. The summed E-state index contributed by atoms with van der Waals surface area (Å²) in [4.78, 5) is 56.1. The first-order valence-electron chi connectivity index (χ1n) is 10.8. The Morgan fingerprint density at radius 2 is 2.00 bits per heavy atom. The van der Waals surface area contributed by atoms with E-state index in [1.165, 1.54) is 11.3 Å². The molecule has 1 aromatic carbocycles. The Morgan fingerprint density at radius 1 is 1.26 bits per heavy atom. The minimum Gasteiger partial charge on any atom is -0.462 e. The maximum Gasteiger partial charge on any atom is 0.416 e. The molecule has 0 radical (unpaired) electrons. The summed E-state index contributed by atoms with van der Waals surface area (Å²) in [7, 11) is 0. The first kappa shape index (κ1) is 24.6. The number of urea groups is 1. The monoisotopic (exact) mass is 507 g/mol. The summed E-state index contributed by atoms with van der Waals surface area (Å²) in [5, 5.41) is 2.25. The highest BCUT2D eigenvalue weighted by molar-refractivity contribution is 7.16. The van der Waals surface area contributed by atoms with E-state index in [0.717, 1.165) is 54.1 Å². The molecular formula is C23H20F3N3O5S. The molecular weight excluding hydrogens is 487 g/mol. The van der Waals surface area contributed by atoms with E-state index >= 15 is 0 Å². The largest absolute Gasteiger partial charge is 0.462 e. The van der Waals surface area contributed by atoms with Gasteiger partial charge in [-0.15, -0.1) is 11.3 Å². The van der Waals surface area contributed by atoms with Crippen LogP contribution in [0.25, 0.3) is 0 Å². The van der Waals surface area contributed by atoms with E-state index < -0.39 is 41.5 Å². The van der Waals surface area contributed by atoms with Crippen molar-refractivity contribution in [1.82, 2.24) is 5.32 Å². The molecule has 184 valence electrons. The number of barbiturate groups is 1. The number of carbonyl (C=O) groups excluding carboxylic acids is 4. The van der Waals surface area contributed by atoms with Gasteiger partial charge in [-0.3, -0.25) is 14.9 Å². The fourth-order valence-corrected chi connectivity index (χ4v) is 5.22. The van der Waals surface area contributed by atoms with E-state index in [1.54, 1.807) is 6.92 Å². The number of thiophene rings is 1. The number of anilines is 1. The molecule has 2 heterocycles. The second-order valence-corrected chi connectivity index (χ2v) is 8.97. The second kappa shape index (κ2) is 9.61. The summed E-state index contributed by atoms with van der Waals surface area (Å²) in [6.07, 6.45) is -0.388. The summed E-state index contributed by atoms with van der Waals surface area (Å²) in [5.74, 6) is -4.16. The van der Waals surface area contributed by atoms with Gasteiger partial charge in [-0.05, 0) is 56.4 Å². The van der Waals surface area contributed by atoms with E-state index in [2.05, 4.69) is 4.99 Å². The zero-order chi connectivity index (χ0) is 25.3. The number of hydrogen-bond acceptors (Lipinski definition) is 7. The van der Waals surface area contributed by atoms with Gasteiger partial charge in [0.15, 0.2) is 5.92 Å². The number of imide groups is 2. The van der Waals surface area contributed by atoms with E-state index in [-0.39, 0.29) is 22.9 Å². The van der Waals surface area contributed by atoms with Crippen LogP contribution >= 0.6 is 11.3 Å². The Kier molecular flexibility index (Phi) is 6.75. The fourth-order valence-electron chi connectivity index (χ4n) is 3.99. The molecule has 1 aliphatic carbocycles. The number of nitrogens with one attached hydrogen (secondary N) is 1. The Bertz CT molecular complexity index is 1240. The topological polar surface area (TPSA) is 105 Å². The molecule has 1 aliphatic heterocycles. The quantitative estimate of drug-likeness (QED) is 0.366. The van der Waals surface area contributed by atoms with Crippen molar-refractivity contribution < 1.29 is 37.1 Å². The molecule has 2 aliphatic rings. The third-order valence-corrected chi connectivity index (χ3v) is 6.81. The maximum absolute atomic E-state index is 13.1. The maximum atomic E-state index is 13.1. The summed E-state index contributed by atoms with van der Waals surface area (Å²) in [6, 6.07) is 2.49. The van der Waals surface area contributed by atoms with Crippen molar-refractivity contribution in [2.75, 3.05) is 11.5 Å². The van der Waals surface area contributed by atoms with E-state index in [4.69, 9.17) is 4.74 Å². The number of fused-ring (bicyclic) bond motifs is 1. The zero-order valence-corrected chi connectivity index (χ0v) is 19.3. The third-order valence-electron chi connectivity index (χ3n) is 5.61. The van der Waals surface area contributed by atoms with Crippen LogP contribution in [-0.2, 0) is 33.3 Å². The number of alkyl halides is 3. The molecule has 1 N–H and O–H groups in total. The Labute approximate surface area is 201 Å². The average molecular weight is 507 g/mol. The molecule has 1 fully saturated rings. The molecule has 8 nitrogen and oxygen atoms in total. The molecule has 4 amide bonds. The van der Waals surface area contributed by atoms with Crippen molar-refractivity contribution in [3.8, 4) is 0 Å². The molecule has 0 bridgehead atoms. The van der Waals surface area contributed by atoms with Gasteiger partial charge in [-0.1, -0.05) is 6.07 Å². The molecule has 0 saturated carbocycles. The number of ether oxygens (including phenoxy) is 1. The molecule has 4 rings (SSSR count). The average Bonchev–Trinajstić information content (AvgIpc) is 3.17. The zero-order valence-electron chi connectivity index (χ0n) is 18.5. The number of amides is 4. The summed E-state index contributed by atoms with van der Waals surface area (Å²) < 4.78 is 44.5. The van der Waals surface area contributed by atoms with E-state index in [0.29, 0.717) is 17.4 Å². The number of rotatable bonds is 5. The minimum absolute atomic E-state index is 0.157. The second-order valence-electron chi connectivity index (χ2n) is 7.88. The molecule has 1 atom stereocenters. The SMILES string of the molecule is CCOC(=O)c1c(N=C[C@@H]2C(=O)NC(=O)N(c3cccc(C(F)(F)F)c3)C2=O)sc2c1CCCC2. The van der Waals surface area contributed by atoms with Crippen molar-refractivity contribution >= 4 is 52.1 Å². The first-order chi connectivity index (χ1) is 16.6. The lowest BCUT2D eigenvalue weighted by Gasteiger charge is -2.28. The van der Waals surface area contributed by atoms with Crippen LogP contribution in [0.2, 0.25) is 0 Å². The molecule has 0 unspecified atom stereocenters. The van der Waals surface area contributed by atoms with Crippen LogP contribution in [-0.4, -0.2) is 36.6 Å². The van der Waals surface area contributed by atoms with Crippen molar-refractivity contribution in [2.45, 2.75) is 38.8 Å². The molecule has 12 heteroatoms. The predicted molar refractivity (Wildman–Crippen MR) is 121 cm³/mol. The number of aliphatic imine (C=N–C) groups is 1. The molecule has 0 spiro atoms. The Balaban J connectivity index is 1.67. The number of benzene rings is 1. The Hall–Kier alpha value is -3.54. The number of nitrogens with zero attached hydrogens (tertiary/aromatic N) is 2. The van der Waals surface area contributed by atoms with Crippen LogP contribution in [0.4, 0.5) is 28.7 Å². The highest BCUT2D eigenvalue weighted by Gasteiger charge is 2.41. The van der Waals surface area contributed by atoms with Gasteiger partial charge >= 0.3 is 18.2 Å². The van der Waals surface area contributed by atoms with Gasteiger partial charge in [0.25, 0.3) is 5.91 Å². The number of esters is 1. The van der Waals surface area contributed by atoms with Crippen LogP contribution in [0.3, 0.4) is 0 Å². The number of halogens is 3. The van der Waals surface area contributed by atoms with Gasteiger partial charge in [0.05, 0.1) is 23.4 Å². The van der Waals surface area contributed by atoms with Gasteiger partial charge in [0.2, 0.25) is 5.91 Å². The van der Waals surface area contributed by atoms with Gasteiger partial charge in [-0.2, -0.15) is 13.2 Å².